The van der Waals surface area contributed by atoms with Gasteiger partial charge in [0.05, 0.1) is 16.7 Å². The Hall–Kier alpha value is -3.00. The Morgan fingerprint density at radius 3 is 2.51 bits per heavy atom. The minimum Gasteiger partial charge on any atom is -0.478 e. The number of nitrogen functional groups attached to an aromatic ring is 1. The van der Waals surface area contributed by atoms with Crippen LogP contribution in [-0.2, 0) is 0 Å². The zero-order valence-corrected chi connectivity index (χ0v) is 20.9. The van der Waals surface area contributed by atoms with Gasteiger partial charge in [0.2, 0.25) is 5.75 Å². The highest BCUT2D eigenvalue weighted by atomic mass is 35.5. The van der Waals surface area contributed by atoms with E-state index in [1.807, 2.05) is 0 Å². The second-order valence-corrected chi connectivity index (χ2v) is 9.50. The van der Waals surface area contributed by atoms with Crippen molar-refractivity contribution in [2.24, 2.45) is 0 Å². The molecule has 1 aliphatic heterocycles. The maximum atomic E-state index is 14.0. The predicted molar refractivity (Wildman–Crippen MR) is 139 cm³/mol. The molecule has 0 radical (unpaired) electrons. The van der Waals surface area contributed by atoms with Crippen molar-refractivity contribution in [3.05, 3.63) is 70.3 Å². The van der Waals surface area contributed by atoms with Gasteiger partial charge < -0.3 is 24.7 Å². The van der Waals surface area contributed by atoms with E-state index in [-0.39, 0.29) is 16.6 Å². The van der Waals surface area contributed by atoms with Gasteiger partial charge in [-0.1, -0.05) is 35.3 Å². The molecule has 2 aromatic carbocycles. The fourth-order valence-corrected chi connectivity index (χ4v) is 5.06. The van der Waals surface area contributed by atoms with E-state index in [9.17, 15) is 4.39 Å². The van der Waals surface area contributed by atoms with Crippen LogP contribution in [0.2, 0.25) is 10.0 Å². The van der Waals surface area contributed by atoms with E-state index in [2.05, 4.69) is 46.1 Å². The van der Waals surface area contributed by atoms with Gasteiger partial charge in [0.15, 0.2) is 11.4 Å². The first-order valence-corrected chi connectivity index (χ1v) is 12.1. The van der Waals surface area contributed by atoms with Crippen LogP contribution in [0.25, 0.3) is 22.1 Å². The number of ether oxygens (including phenoxy) is 1. The summed E-state index contributed by atoms with van der Waals surface area (Å²) in [4.78, 5) is 9.03. The van der Waals surface area contributed by atoms with Crippen molar-refractivity contribution in [1.29, 1.82) is 0 Å². The number of halogens is 3. The molecule has 9 heteroatoms. The van der Waals surface area contributed by atoms with E-state index in [4.69, 9.17) is 38.1 Å². The third kappa shape index (κ3) is 4.51. The Kier molecular flexibility index (Phi) is 6.49. The van der Waals surface area contributed by atoms with Gasteiger partial charge in [-0.2, -0.15) is 0 Å². The lowest BCUT2D eigenvalue weighted by Crippen LogP contribution is -2.44. The fraction of sp³-hybridized carbons (Fsp3) is 0.269. The molecule has 1 unspecified atom stereocenters. The van der Waals surface area contributed by atoms with Crippen LogP contribution >= 0.6 is 23.2 Å². The number of likely N-dealkylation sites (N-methyl/N-ethyl adjacent to an activating group) is 1. The maximum Gasteiger partial charge on any atom is 0.205 e. The van der Waals surface area contributed by atoms with E-state index >= 15 is 0 Å². The number of piperazine rings is 1. The van der Waals surface area contributed by atoms with Crippen LogP contribution in [-0.4, -0.2) is 43.1 Å². The number of nitrogens with two attached hydrogens (primary N) is 1. The normalized spacial score (nSPS) is 15.5. The standard InChI is InChI=1S/C26H25Cl2FN4O2/c1-15(22-20(27)7-8-21(29)23(22)28)35-25-24-18(13-31-26(25)30)19(14-34-24)16-3-5-17(6-4-16)33-11-9-32(2)10-12-33/h3-8,13-15H,9-12H2,1-2H3,(H2,30,31). The second-order valence-electron chi connectivity index (χ2n) is 8.72. The van der Waals surface area contributed by atoms with Gasteiger partial charge in [-0.3, -0.25) is 0 Å². The summed E-state index contributed by atoms with van der Waals surface area (Å²) in [5.74, 6) is -0.169. The average Bonchev–Trinajstić information content (AvgIpc) is 3.28. The zero-order chi connectivity index (χ0) is 24.7. The van der Waals surface area contributed by atoms with Crippen LogP contribution in [0.3, 0.4) is 0 Å². The van der Waals surface area contributed by atoms with Gasteiger partial charge in [-0.25, -0.2) is 9.37 Å². The molecule has 2 aromatic heterocycles. The number of pyridine rings is 1. The molecular formula is C26H25Cl2FN4O2. The number of anilines is 2. The Morgan fingerprint density at radius 2 is 1.80 bits per heavy atom. The molecule has 0 spiro atoms. The summed E-state index contributed by atoms with van der Waals surface area (Å²) in [5, 5.41) is 0.956. The van der Waals surface area contributed by atoms with Crippen LogP contribution in [0.5, 0.6) is 5.75 Å². The average molecular weight is 515 g/mol. The van der Waals surface area contributed by atoms with E-state index in [1.54, 1.807) is 19.4 Å². The maximum absolute atomic E-state index is 14.0. The molecule has 1 saturated heterocycles. The van der Waals surface area contributed by atoms with Crippen molar-refractivity contribution >= 4 is 45.7 Å². The molecule has 182 valence electrons. The highest BCUT2D eigenvalue weighted by molar-refractivity contribution is 6.36. The van der Waals surface area contributed by atoms with Crippen LogP contribution < -0.4 is 15.4 Å². The van der Waals surface area contributed by atoms with Crippen molar-refractivity contribution in [1.82, 2.24) is 9.88 Å². The molecule has 6 nitrogen and oxygen atoms in total. The molecule has 4 aromatic rings. The first-order chi connectivity index (χ1) is 16.8. The Morgan fingerprint density at radius 1 is 1.09 bits per heavy atom. The molecule has 0 aliphatic carbocycles. The van der Waals surface area contributed by atoms with E-state index in [1.165, 1.54) is 17.8 Å². The highest BCUT2D eigenvalue weighted by Crippen LogP contribution is 2.41. The number of nitrogens with zero attached hydrogens (tertiary/aromatic N) is 3. The van der Waals surface area contributed by atoms with Gasteiger partial charge in [0.1, 0.15) is 11.9 Å². The lowest BCUT2D eigenvalue weighted by atomic mass is 10.0. The van der Waals surface area contributed by atoms with E-state index in [0.717, 1.165) is 42.7 Å². The fourth-order valence-electron chi connectivity index (χ4n) is 4.39. The van der Waals surface area contributed by atoms with Crippen molar-refractivity contribution in [2.75, 3.05) is 43.9 Å². The first-order valence-electron chi connectivity index (χ1n) is 11.3. The molecule has 35 heavy (non-hydrogen) atoms. The first kappa shape index (κ1) is 23.7. The molecule has 1 aliphatic rings. The Bertz CT molecular complexity index is 1370. The second kappa shape index (κ2) is 9.57. The number of aromatic nitrogens is 1. The molecular weight excluding hydrogens is 490 g/mol. The monoisotopic (exact) mass is 514 g/mol. The summed E-state index contributed by atoms with van der Waals surface area (Å²) in [6.07, 6.45) is 2.63. The molecule has 3 heterocycles. The SMILES string of the molecule is CC(Oc1c(N)ncc2c(-c3ccc(N4CCN(C)CC4)cc3)coc12)c1c(Cl)ccc(F)c1Cl. The Balaban J connectivity index is 1.45. The van der Waals surface area contributed by atoms with Crippen molar-refractivity contribution in [3.8, 4) is 16.9 Å². The molecule has 5 rings (SSSR count). The van der Waals surface area contributed by atoms with Crippen LogP contribution in [0.1, 0.15) is 18.6 Å². The third-order valence-corrected chi connectivity index (χ3v) is 7.14. The van der Waals surface area contributed by atoms with Gasteiger partial charge in [-0.05, 0) is 43.8 Å². The lowest BCUT2D eigenvalue weighted by Gasteiger charge is -2.34. The van der Waals surface area contributed by atoms with Crippen molar-refractivity contribution in [3.63, 3.8) is 0 Å². The largest absolute Gasteiger partial charge is 0.478 e. The van der Waals surface area contributed by atoms with Crippen molar-refractivity contribution < 1.29 is 13.5 Å². The summed E-state index contributed by atoms with van der Waals surface area (Å²) in [5.41, 5.74) is 9.97. The van der Waals surface area contributed by atoms with Crippen molar-refractivity contribution in [2.45, 2.75) is 13.0 Å². The molecule has 0 amide bonds. The zero-order valence-electron chi connectivity index (χ0n) is 19.4. The molecule has 1 fully saturated rings. The van der Waals surface area contributed by atoms with Gasteiger partial charge >= 0.3 is 0 Å². The van der Waals surface area contributed by atoms with Gasteiger partial charge in [0, 0.05) is 54.2 Å². The third-order valence-electron chi connectivity index (χ3n) is 6.43. The molecule has 1 atom stereocenters. The van der Waals surface area contributed by atoms with Gasteiger partial charge in [0.25, 0.3) is 0 Å². The van der Waals surface area contributed by atoms with Gasteiger partial charge in [-0.15, -0.1) is 0 Å². The minimum atomic E-state index is -0.697. The quantitative estimate of drug-likeness (QED) is 0.310. The molecule has 0 bridgehead atoms. The lowest BCUT2D eigenvalue weighted by molar-refractivity contribution is 0.227. The van der Waals surface area contributed by atoms with Crippen LogP contribution in [0, 0.1) is 5.82 Å². The smallest absolute Gasteiger partial charge is 0.205 e. The van der Waals surface area contributed by atoms with Crippen LogP contribution in [0.15, 0.2) is 53.3 Å². The summed E-state index contributed by atoms with van der Waals surface area (Å²) >= 11 is 12.4. The topological polar surface area (TPSA) is 67.8 Å². The molecule has 2 N–H and O–H groups in total. The summed E-state index contributed by atoms with van der Waals surface area (Å²) in [6, 6.07) is 11.0. The number of hydrogen-bond donors (Lipinski definition) is 1. The number of rotatable bonds is 5. The number of fused-ring (bicyclic) bond motifs is 1. The minimum absolute atomic E-state index is 0.0933. The highest BCUT2D eigenvalue weighted by Gasteiger charge is 2.23. The number of furan rings is 1. The summed E-state index contributed by atoms with van der Waals surface area (Å²) in [7, 11) is 2.14. The van der Waals surface area contributed by atoms with E-state index < -0.39 is 11.9 Å². The number of benzene rings is 2. The van der Waals surface area contributed by atoms with Crippen LogP contribution in [0.4, 0.5) is 15.9 Å². The summed E-state index contributed by atoms with van der Waals surface area (Å²) in [6.45, 7) is 5.83. The van der Waals surface area contributed by atoms with E-state index in [0.29, 0.717) is 16.2 Å². The Labute approximate surface area is 213 Å². The number of hydrogen-bond acceptors (Lipinski definition) is 6. The predicted octanol–water partition coefficient (Wildman–Crippen LogP) is 6.41. The molecule has 0 saturated carbocycles. The summed E-state index contributed by atoms with van der Waals surface area (Å²) < 4.78 is 26.0.